The average Bonchev–Trinajstić information content (AvgIpc) is 2.95. The van der Waals surface area contributed by atoms with E-state index in [0.717, 1.165) is 28.8 Å². The number of pyridine rings is 1. The van der Waals surface area contributed by atoms with Crippen LogP contribution in [-0.4, -0.2) is 28.1 Å². The van der Waals surface area contributed by atoms with E-state index in [1.165, 1.54) is 0 Å². The van der Waals surface area contributed by atoms with Gasteiger partial charge in [-0.3, -0.25) is 9.78 Å². The van der Waals surface area contributed by atoms with Crippen molar-refractivity contribution in [1.82, 2.24) is 9.88 Å². The smallest absolute Gasteiger partial charge is 0.233 e. The molecule has 0 bridgehead atoms. The molecule has 2 aromatic rings. The lowest BCUT2D eigenvalue weighted by Crippen LogP contribution is -2.31. The molecular formula is C20H22N2OS. The minimum Gasteiger partial charge on any atom is -0.326 e. The molecule has 4 heteroatoms. The topological polar surface area (TPSA) is 33.2 Å². The lowest BCUT2D eigenvalue weighted by atomic mass is 10.00. The largest absolute Gasteiger partial charge is 0.326 e. The summed E-state index contributed by atoms with van der Waals surface area (Å²) in [5, 5.41) is 0.0666. The molecule has 3 rings (SSSR count). The van der Waals surface area contributed by atoms with Gasteiger partial charge in [-0.1, -0.05) is 50.8 Å². The number of thioether (sulfide) groups is 1. The highest BCUT2D eigenvalue weighted by Gasteiger charge is 2.34. The van der Waals surface area contributed by atoms with Crippen LogP contribution in [0.25, 0.3) is 17.2 Å². The zero-order chi connectivity index (χ0) is 17.1. The molecule has 24 heavy (non-hydrogen) atoms. The molecule has 2 heterocycles. The fourth-order valence-electron chi connectivity index (χ4n) is 2.96. The van der Waals surface area contributed by atoms with Crippen molar-refractivity contribution in [3.63, 3.8) is 0 Å². The summed E-state index contributed by atoms with van der Waals surface area (Å²) in [5.41, 5.74) is 4.46. The molecule has 1 amide bonds. The van der Waals surface area contributed by atoms with Crippen LogP contribution >= 0.6 is 11.8 Å². The van der Waals surface area contributed by atoms with Gasteiger partial charge < -0.3 is 4.90 Å². The predicted octanol–water partition coefficient (Wildman–Crippen LogP) is 4.62. The number of aromatic nitrogens is 1. The minimum absolute atomic E-state index is 0.0666. The van der Waals surface area contributed by atoms with Gasteiger partial charge in [0.25, 0.3) is 0 Å². The minimum atomic E-state index is 0.0666. The predicted molar refractivity (Wildman–Crippen MR) is 102 cm³/mol. The highest BCUT2D eigenvalue weighted by Crippen LogP contribution is 2.42. The second-order valence-corrected chi connectivity index (χ2v) is 7.46. The summed E-state index contributed by atoms with van der Waals surface area (Å²) in [6, 6.07) is 10.3. The molecule has 1 aliphatic heterocycles. The molecule has 0 N–H and O–H groups in total. The molecule has 1 aromatic heterocycles. The third kappa shape index (κ3) is 3.39. The fourth-order valence-corrected chi connectivity index (χ4v) is 4.20. The summed E-state index contributed by atoms with van der Waals surface area (Å²) < 4.78 is 0. The molecule has 1 aliphatic rings. The quantitative estimate of drug-likeness (QED) is 0.797. The normalized spacial score (nSPS) is 17.5. The second kappa shape index (κ2) is 7.22. The third-order valence-electron chi connectivity index (χ3n) is 4.11. The maximum absolute atomic E-state index is 12.3. The van der Waals surface area contributed by atoms with Crippen LogP contribution in [0.5, 0.6) is 0 Å². The number of rotatable bonds is 5. The van der Waals surface area contributed by atoms with E-state index in [-0.39, 0.29) is 11.3 Å². The molecule has 1 atom stereocenters. The number of carbonyl (C=O) groups excluding carboxylic acids is 1. The van der Waals surface area contributed by atoms with Crippen molar-refractivity contribution in [2.75, 3.05) is 12.3 Å². The van der Waals surface area contributed by atoms with Gasteiger partial charge in [0.15, 0.2) is 0 Å². The Kier molecular flexibility index (Phi) is 5.05. The molecule has 0 radical (unpaired) electrons. The van der Waals surface area contributed by atoms with E-state index in [4.69, 9.17) is 0 Å². The Morgan fingerprint density at radius 3 is 2.75 bits per heavy atom. The summed E-state index contributed by atoms with van der Waals surface area (Å²) in [7, 11) is 0. The van der Waals surface area contributed by atoms with Crippen molar-refractivity contribution in [2.24, 2.45) is 5.92 Å². The van der Waals surface area contributed by atoms with Crippen LogP contribution in [0, 0.1) is 5.92 Å². The van der Waals surface area contributed by atoms with Crippen LogP contribution < -0.4 is 0 Å². The second-order valence-electron chi connectivity index (χ2n) is 6.39. The first kappa shape index (κ1) is 16.8. The number of nitrogens with zero attached hydrogens (tertiary/aromatic N) is 2. The van der Waals surface area contributed by atoms with Crippen molar-refractivity contribution >= 4 is 23.7 Å². The number of hydrogen-bond donors (Lipinski definition) is 0. The summed E-state index contributed by atoms with van der Waals surface area (Å²) in [4.78, 5) is 18.6. The first-order chi connectivity index (χ1) is 11.6. The maximum Gasteiger partial charge on any atom is 0.233 e. The first-order valence-corrected chi connectivity index (χ1v) is 9.23. The molecule has 3 nitrogen and oxygen atoms in total. The van der Waals surface area contributed by atoms with Gasteiger partial charge >= 0.3 is 0 Å². The Morgan fingerprint density at radius 2 is 2.08 bits per heavy atom. The van der Waals surface area contributed by atoms with Crippen molar-refractivity contribution in [3.05, 3.63) is 60.4 Å². The van der Waals surface area contributed by atoms with E-state index in [1.54, 1.807) is 11.8 Å². The van der Waals surface area contributed by atoms with Gasteiger partial charge in [-0.15, -0.1) is 11.8 Å². The molecule has 1 unspecified atom stereocenters. The van der Waals surface area contributed by atoms with Crippen molar-refractivity contribution < 1.29 is 4.79 Å². The highest BCUT2D eigenvalue weighted by atomic mass is 32.2. The standard InChI is InChI=1S/C20H22N2OS/c1-4-15-5-7-16(8-6-15)18-11-21-10-9-17(18)20-22(12-14(2)3)19(23)13-24-20/h4-11,14,20H,1,12-13H2,2-3H3. The Bertz CT molecular complexity index is 740. The molecule has 1 fully saturated rings. The van der Waals surface area contributed by atoms with E-state index < -0.39 is 0 Å². The van der Waals surface area contributed by atoms with Crippen LogP contribution in [0.1, 0.15) is 30.3 Å². The molecular weight excluding hydrogens is 316 g/mol. The first-order valence-electron chi connectivity index (χ1n) is 8.18. The van der Waals surface area contributed by atoms with Gasteiger partial charge in [0.1, 0.15) is 5.37 Å². The Labute approximate surface area is 147 Å². The van der Waals surface area contributed by atoms with Crippen LogP contribution in [0.2, 0.25) is 0 Å². The van der Waals surface area contributed by atoms with Crippen LogP contribution in [0.3, 0.4) is 0 Å². The summed E-state index contributed by atoms with van der Waals surface area (Å²) in [6.07, 6.45) is 5.55. The van der Waals surface area contributed by atoms with E-state index >= 15 is 0 Å². The Hall–Kier alpha value is -2.07. The molecule has 0 aliphatic carbocycles. The van der Waals surface area contributed by atoms with Crippen LogP contribution in [-0.2, 0) is 4.79 Å². The van der Waals surface area contributed by atoms with Crippen molar-refractivity contribution in [3.8, 4) is 11.1 Å². The fraction of sp³-hybridized carbons (Fsp3) is 0.300. The van der Waals surface area contributed by atoms with Gasteiger partial charge in [0.05, 0.1) is 5.75 Å². The van der Waals surface area contributed by atoms with Gasteiger partial charge in [-0.05, 0) is 28.7 Å². The maximum atomic E-state index is 12.3. The highest BCUT2D eigenvalue weighted by molar-refractivity contribution is 8.00. The van der Waals surface area contributed by atoms with E-state index in [9.17, 15) is 4.79 Å². The molecule has 124 valence electrons. The average molecular weight is 338 g/mol. The number of carbonyl (C=O) groups is 1. The number of benzene rings is 1. The molecule has 0 saturated carbocycles. The van der Waals surface area contributed by atoms with Crippen molar-refractivity contribution in [2.45, 2.75) is 19.2 Å². The van der Waals surface area contributed by atoms with Crippen LogP contribution in [0.4, 0.5) is 0 Å². The Morgan fingerprint density at radius 1 is 1.33 bits per heavy atom. The van der Waals surface area contributed by atoms with Gasteiger partial charge in [0, 0.05) is 24.5 Å². The summed E-state index contributed by atoms with van der Waals surface area (Å²) >= 11 is 1.70. The van der Waals surface area contributed by atoms with E-state index in [1.807, 2.05) is 29.4 Å². The number of amides is 1. The summed E-state index contributed by atoms with van der Waals surface area (Å²) in [6.45, 7) is 8.88. The van der Waals surface area contributed by atoms with Gasteiger partial charge in [-0.25, -0.2) is 0 Å². The molecule has 1 aromatic carbocycles. The lowest BCUT2D eigenvalue weighted by Gasteiger charge is -2.27. The zero-order valence-corrected chi connectivity index (χ0v) is 14.9. The zero-order valence-electron chi connectivity index (χ0n) is 14.1. The lowest BCUT2D eigenvalue weighted by molar-refractivity contribution is -0.128. The summed E-state index contributed by atoms with van der Waals surface area (Å²) in [5.74, 6) is 1.23. The van der Waals surface area contributed by atoms with Crippen LogP contribution in [0.15, 0.2) is 49.3 Å². The van der Waals surface area contributed by atoms with E-state index in [2.05, 4.69) is 49.7 Å². The van der Waals surface area contributed by atoms with E-state index in [0.29, 0.717) is 11.7 Å². The monoisotopic (exact) mass is 338 g/mol. The Balaban J connectivity index is 1.99. The molecule has 1 saturated heterocycles. The van der Waals surface area contributed by atoms with Gasteiger partial charge in [-0.2, -0.15) is 0 Å². The number of hydrogen-bond acceptors (Lipinski definition) is 3. The molecule has 0 spiro atoms. The van der Waals surface area contributed by atoms with Gasteiger partial charge in [0.2, 0.25) is 5.91 Å². The van der Waals surface area contributed by atoms with Crippen molar-refractivity contribution in [1.29, 1.82) is 0 Å². The SMILES string of the molecule is C=Cc1ccc(-c2cnccc2C2SCC(=O)N2CC(C)C)cc1. The third-order valence-corrected chi connectivity index (χ3v) is 5.35.